The Morgan fingerprint density at radius 2 is 1.92 bits per heavy atom. The Morgan fingerprint density at radius 3 is 2.68 bits per heavy atom. The number of H-pyrrole nitrogens is 1. The van der Waals surface area contributed by atoms with Crippen LogP contribution in [0.15, 0.2) is 46.6 Å². The Balaban J connectivity index is 1.60. The molecule has 25 heavy (non-hydrogen) atoms. The molecule has 0 unspecified atom stereocenters. The predicted octanol–water partition coefficient (Wildman–Crippen LogP) is 2.61. The lowest BCUT2D eigenvalue weighted by molar-refractivity contribution is -0.130. The lowest BCUT2D eigenvalue weighted by Gasteiger charge is -2.16. The standard InChI is InChI=1S/C18H17N3O3S/c1-21(11-15-19-13-9-10-25-17(13)18(24)20-15)16(23)8-7-14(22)12-5-3-2-4-6-12/h2-6,9-10H,7-8,11H2,1H3,(H,19,20,24). The van der Waals surface area contributed by atoms with E-state index in [1.165, 1.54) is 16.2 Å². The minimum absolute atomic E-state index is 0.0615. The Morgan fingerprint density at radius 1 is 1.16 bits per heavy atom. The molecular formula is C18H17N3O3S. The van der Waals surface area contributed by atoms with Crippen LogP contribution in [0.1, 0.15) is 29.0 Å². The highest BCUT2D eigenvalue weighted by atomic mass is 32.1. The number of thiophene rings is 1. The summed E-state index contributed by atoms with van der Waals surface area (Å²) in [5.41, 5.74) is 1.03. The monoisotopic (exact) mass is 355 g/mol. The average molecular weight is 355 g/mol. The summed E-state index contributed by atoms with van der Waals surface area (Å²) < 4.78 is 0.575. The molecule has 2 aromatic heterocycles. The SMILES string of the molecule is CN(Cc1nc2ccsc2c(=O)[nH]1)C(=O)CCC(=O)c1ccccc1. The molecule has 128 valence electrons. The second kappa shape index (κ2) is 7.40. The van der Waals surface area contributed by atoms with E-state index >= 15 is 0 Å². The van der Waals surface area contributed by atoms with Crippen molar-refractivity contribution < 1.29 is 9.59 Å². The van der Waals surface area contributed by atoms with Gasteiger partial charge in [0, 0.05) is 25.5 Å². The summed E-state index contributed by atoms with van der Waals surface area (Å²) in [7, 11) is 1.63. The van der Waals surface area contributed by atoms with Crippen molar-refractivity contribution in [3.8, 4) is 0 Å². The topological polar surface area (TPSA) is 83.1 Å². The molecule has 1 aromatic carbocycles. The molecule has 0 radical (unpaired) electrons. The van der Waals surface area contributed by atoms with Gasteiger partial charge in [0.05, 0.1) is 12.1 Å². The molecule has 0 aliphatic heterocycles. The minimum atomic E-state index is -0.199. The number of carbonyl (C=O) groups is 2. The summed E-state index contributed by atoms with van der Waals surface area (Å²) in [5.74, 6) is 0.201. The number of amides is 1. The van der Waals surface area contributed by atoms with E-state index in [9.17, 15) is 14.4 Å². The van der Waals surface area contributed by atoms with Crippen LogP contribution in [-0.2, 0) is 11.3 Å². The number of nitrogens with zero attached hydrogens (tertiary/aromatic N) is 2. The van der Waals surface area contributed by atoms with Gasteiger partial charge in [0.1, 0.15) is 10.5 Å². The van der Waals surface area contributed by atoms with Crippen LogP contribution in [0.3, 0.4) is 0 Å². The van der Waals surface area contributed by atoms with Gasteiger partial charge in [0.15, 0.2) is 5.78 Å². The molecule has 1 amide bonds. The summed E-state index contributed by atoms with van der Waals surface area (Å²) in [6, 6.07) is 10.7. The summed E-state index contributed by atoms with van der Waals surface area (Å²) in [6.07, 6.45) is 0.274. The number of ketones is 1. The maximum atomic E-state index is 12.2. The van der Waals surface area contributed by atoms with Crippen molar-refractivity contribution in [2.24, 2.45) is 0 Å². The van der Waals surface area contributed by atoms with Gasteiger partial charge >= 0.3 is 0 Å². The fraction of sp³-hybridized carbons (Fsp3) is 0.222. The van der Waals surface area contributed by atoms with Gasteiger partial charge in [-0.25, -0.2) is 4.98 Å². The van der Waals surface area contributed by atoms with Crippen LogP contribution in [0, 0.1) is 0 Å². The fourth-order valence-electron chi connectivity index (χ4n) is 2.49. The van der Waals surface area contributed by atoms with E-state index in [0.717, 1.165) is 0 Å². The molecule has 6 nitrogen and oxygen atoms in total. The third kappa shape index (κ3) is 4.00. The highest BCUT2D eigenvalue weighted by Gasteiger charge is 2.14. The smallest absolute Gasteiger partial charge is 0.268 e. The van der Waals surface area contributed by atoms with E-state index in [0.29, 0.717) is 21.6 Å². The molecule has 0 saturated heterocycles. The van der Waals surface area contributed by atoms with Crippen LogP contribution < -0.4 is 5.56 Å². The van der Waals surface area contributed by atoms with Gasteiger partial charge < -0.3 is 9.88 Å². The van der Waals surface area contributed by atoms with Crippen LogP contribution in [0.25, 0.3) is 10.2 Å². The number of benzene rings is 1. The maximum absolute atomic E-state index is 12.2. The number of fused-ring (bicyclic) bond motifs is 1. The maximum Gasteiger partial charge on any atom is 0.268 e. The highest BCUT2D eigenvalue weighted by molar-refractivity contribution is 7.17. The van der Waals surface area contributed by atoms with Crippen molar-refractivity contribution in [1.82, 2.24) is 14.9 Å². The number of hydrogen-bond donors (Lipinski definition) is 1. The minimum Gasteiger partial charge on any atom is -0.338 e. The van der Waals surface area contributed by atoms with Gasteiger partial charge in [-0.15, -0.1) is 11.3 Å². The van der Waals surface area contributed by atoms with Crippen LogP contribution in [0.5, 0.6) is 0 Å². The van der Waals surface area contributed by atoms with Crippen LogP contribution in [0.2, 0.25) is 0 Å². The first-order valence-corrected chi connectivity index (χ1v) is 8.71. The van der Waals surface area contributed by atoms with Gasteiger partial charge in [-0.3, -0.25) is 14.4 Å². The molecule has 0 bridgehead atoms. The zero-order valence-electron chi connectivity index (χ0n) is 13.7. The number of Topliss-reactive ketones (excluding diaryl/α,β-unsaturated/α-hetero) is 1. The average Bonchev–Trinajstić information content (AvgIpc) is 3.09. The Kier molecular flexibility index (Phi) is 5.04. The first-order valence-electron chi connectivity index (χ1n) is 7.83. The molecule has 0 spiro atoms. The van der Waals surface area contributed by atoms with Crippen molar-refractivity contribution in [3.63, 3.8) is 0 Å². The van der Waals surface area contributed by atoms with E-state index in [1.807, 2.05) is 6.07 Å². The van der Waals surface area contributed by atoms with Crippen molar-refractivity contribution >= 4 is 33.2 Å². The largest absolute Gasteiger partial charge is 0.338 e. The van der Waals surface area contributed by atoms with Crippen molar-refractivity contribution in [2.75, 3.05) is 7.05 Å². The number of aromatic nitrogens is 2. The molecule has 7 heteroatoms. The number of carbonyl (C=O) groups excluding carboxylic acids is 2. The summed E-state index contributed by atoms with van der Waals surface area (Å²) in [6.45, 7) is 0.194. The third-order valence-corrected chi connectivity index (χ3v) is 4.74. The second-order valence-corrected chi connectivity index (χ2v) is 6.60. The molecule has 1 N–H and O–H groups in total. The third-order valence-electron chi connectivity index (χ3n) is 3.84. The van der Waals surface area contributed by atoms with Crippen molar-refractivity contribution in [1.29, 1.82) is 0 Å². The lowest BCUT2D eigenvalue weighted by atomic mass is 10.1. The van der Waals surface area contributed by atoms with Gasteiger partial charge in [-0.05, 0) is 11.4 Å². The van der Waals surface area contributed by atoms with E-state index in [-0.39, 0.29) is 36.6 Å². The Bertz CT molecular complexity index is 962. The summed E-state index contributed by atoms with van der Waals surface area (Å²) in [5, 5.41) is 1.81. The zero-order chi connectivity index (χ0) is 17.8. The fourth-order valence-corrected chi connectivity index (χ4v) is 3.21. The Hall–Kier alpha value is -2.80. The molecule has 0 aliphatic carbocycles. The van der Waals surface area contributed by atoms with Gasteiger partial charge in [-0.2, -0.15) is 0 Å². The van der Waals surface area contributed by atoms with Gasteiger partial charge in [-0.1, -0.05) is 30.3 Å². The molecular weight excluding hydrogens is 338 g/mol. The highest BCUT2D eigenvalue weighted by Crippen LogP contribution is 2.14. The first-order chi connectivity index (χ1) is 12.0. The normalized spacial score (nSPS) is 10.8. The quantitative estimate of drug-likeness (QED) is 0.689. The van der Waals surface area contributed by atoms with Crippen LogP contribution in [0.4, 0.5) is 0 Å². The molecule has 3 aromatic rings. The molecule has 2 heterocycles. The molecule has 0 aliphatic rings. The summed E-state index contributed by atoms with van der Waals surface area (Å²) >= 11 is 1.33. The van der Waals surface area contributed by atoms with Crippen LogP contribution in [-0.4, -0.2) is 33.6 Å². The van der Waals surface area contributed by atoms with E-state index in [2.05, 4.69) is 9.97 Å². The van der Waals surface area contributed by atoms with Gasteiger partial charge in [0.25, 0.3) is 5.56 Å². The van der Waals surface area contributed by atoms with Crippen molar-refractivity contribution in [3.05, 3.63) is 63.5 Å². The van der Waals surface area contributed by atoms with E-state index < -0.39 is 0 Å². The van der Waals surface area contributed by atoms with E-state index in [1.54, 1.807) is 42.8 Å². The van der Waals surface area contributed by atoms with Gasteiger partial charge in [0.2, 0.25) is 5.91 Å². The molecule has 0 saturated carbocycles. The molecule has 3 rings (SSSR count). The second-order valence-electron chi connectivity index (χ2n) is 5.69. The number of hydrogen-bond acceptors (Lipinski definition) is 5. The zero-order valence-corrected chi connectivity index (χ0v) is 14.5. The van der Waals surface area contributed by atoms with E-state index in [4.69, 9.17) is 0 Å². The Labute approximate surface area is 148 Å². The van der Waals surface area contributed by atoms with Crippen LogP contribution >= 0.6 is 11.3 Å². The predicted molar refractivity (Wildman–Crippen MR) is 96.7 cm³/mol. The molecule has 0 fully saturated rings. The van der Waals surface area contributed by atoms with Crippen molar-refractivity contribution in [2.45, 2.75) is 19.4 Å². The number of nitrogens with one attached hydrogen (secondary N) is 1. The number of aromatic amines is 1. The number of rotatable bonds is 6. The molecule has 0 atom stereocenters. The summed E-state index contributed by atoms with van der Waals surface area (Å²) in [4.78, 5) is 44.8. The lowest BCUT2D eigenvalue weighted by Crippen LogP contribution is -2.28. The first kappa shape index (κ1) is 17.0.